The fraction of sp³-hybridized carbons (Fsp3) is 0.350. The fourth-order valence-corrected chi connectivity index (χ4v) is 4.76. The SMILES string of the molecule is CC1(C)[B]C(c2cn(S(=O)(=O)c3ccccc3)c3ncccc23)OC1(C)C. The fourth-order valence-electron chi connectivity index (χ4n) is 3.41. The normalized spacial score (nSPS) is 21.3. The Morgan fingerprint density at radius 3 is 2.41 bits per heavy atom. The molecule has 1 unspecified atom stereocenters. The minimum Gasteiger partial charge on any atom is -0.377 e. The molecule has 5 nitrogen and oxygen atoms in total. The molecule has 0 bridgehead atoms. The lowest BCUT2D eigenvalue weighted by atomic mass is 9.47. The minimum atomic E-state index is -3.75. The second-order valence-corrected chi connectivity index (χ2v) is 9.82. The van der Waals surface area contributed by atoms with Crippen LogP contribution in [0.15, 0.2) is 59.8 Å². The van der Waals surface area contributed by atoms with Crippen LogP contribution in [0.2, 0.25) is 5.31 Å². The molecular weight excluding hydrogens is 359 g/mol. The maximum Gasteiger partial charge on any atom is 0.269 e. The van der Waals surface area contributed by atoms with Crippen molar-refractivity contribution in [1.82, 2.24) is 8.96 Å². The molecule has 2 aromatic heterocycles. The predicted octanol–water partition coefficient (Wildman–Crippen LogP) is 3.98. The van der Waals surface area contributed by atoms with E-state index in [9.17, 15) is 8.42 Å². The molecule has 0 amide bonds. The van der Waals surface area contributed by atoms with Gasteiger partial charge in [-0.2, -0.15) is 0 Å². The molecule has 1 saturated heterocycles. The van der Waals surface area contributed by atoms with Crippen LogP contribution in [0.5, 0.6) is 0 Å². The van der Waals surface area contributed by atoms with Crippen LogP contribution in [0.4, 0.5) is 0 Å². The lowest BCUT2D eigenvalue weighted by molar-refractivity contribution is -0.0338. The van der Waals surface area contributed by atoms with Gasteiger partial charge in [0.2, 0.25) is 0 Å². The van der Waals surface area contributed by atoms with E-state index in [4.69, 9.17) is 4.74 Å². The van der Waals surface area contributed by atoms with E-state index in [2.05, 4.69) is 40.0 Å². The number of ether oxygens (including phenoxy) is 1. The Kier molecular flexibility index (Phi) is 4.02. The first-order valence-electron chi connectivity index (χ1n) is 8.94. The van der Waals surface area contributed by atoms with Crippen molar-refractivity contribution < 1.29 is 13.2 Å². The molecule has 0 spiro atoms. The zero-order chi connectivity index (χ0) is 19.4. The van der Waals surface area contributed by atoms with Gasteiger partial charge in [0.15, 0.2) is 12.9 Å². The van der Waals surface area contributed by atoms with Gasteiger partial charge in [-0.25, -0.2) is 17.4 Å². The molecule has 1 aliphatic rings. The standard InChI is InChI=1S/C20H22BN2O3S/c1-19(2)20(3,4)26-17(21-19)16-13-23(18-15(16)11-8-12-22-18)27(24,25)14-9-6-5-7-10-14/h5-13,17H,1-4H3. The van der Waals surface area contributed by atoms with Gasteiger partial charge in [0.25, 0.3) is 10.0 Å². The second-order valence-electron chi connectivity index (χ2n) is 8.01. The van der Waals surface area contributed by atoms with Crippen LogP contribution in [-0.4, -0.2) is 30.3 Å². The zero-order valence-corrected chi connectivity index (χ0v) is 16.7. The van der Waals surface area contributed by atoms with E-state index in [0.29, 0.717) is 5.65 Å². The highest BCUT2D eigenvalue weighted by Crippen LogP contribution is 2.52. The summed E-state index contributed by atoms with van der Waals surface area (Å²) in [5, 5.41) is 0.638. The topological polar surface area (TPSA) is 61.2 Å². The molecule has 1 atom stereocenters. The van der Waals surface area contributed by atoms with Gasteiger partial charge in [-0.3, -0.25) is 0 Å². The molecular formula is C20H22BN2O3S. The largest absolute Gasteiger partial charge is 0.377 e. The summed E-state index contributed by atoms with van der Waals surface area (Å²) in [5.41, 5.74) is 0.874. The first kappa shape index (κ1) is 18.3. The number of pyridine rings is 1. The summed E-state index contributed by atoms with van der Waals surface area (Å²) >= 11 is 0. The van der Waals surface area contributed by atoms with Gasteiger partial charge in [0.1, 0.15) is 0 Å². The van der Waals surface area contributed by atoms with Crippen LogP contribution in [-0.2, 0) is 14.8 Å². The van der Waals surface area contributed by atoms with Crippen molar-refractivity contribution in [2.75, 3.05) is 0 Å². The van der Waals surface area contributed by atoms with Crippen molar-refractivity contribution in [3.05, 3.63) is 60.4 Å². The maximum atomic E-state index is 13.2. The van der Waals surface area contributed by atoms with Crippen molar-refractivity contribution in [3.8, 4) is 0 Å². The maximum absolute atomic E-state index is 13.2. The summed E-state index contributed by atoms with van der Waals surface area (Å²) in [6, 6.07) is 11.8. The van der Waals surface area contributed by atoms with Gasteiger partial charge < -0.3 is 4.74 Å². The smallest absolute Gasteiger partial charge is 0.269 e. The number of fused-ring (bicyclic) bond motifs is 1. The third-order valence-electron chi connectivity index (χ3n) is 5.71. The zero-order valence-electron chi connectivity index (χ0n) is 15.9. The molecule has 27 heavy (non-hydrogen) atoms. The molecule has 139 valence electrons. The Bertz CT molecular complexity index is 1090. The van der Waals surface area contributed by atoms with E-state index in [-0.39, 0.29) is 21.8 Å². The van der Waals surface area contributed by atoms with Crippen molar-refractivity contribution in [3.63, 3.8) is 0 Å². The van der Waals surface area contributed by atoms with Crippen molar-refractivity contribution >= 4 is 28.3 Å². The highest BCUT2D eigenvalue weighted by molar-refractivity contribution is 7.90. The molecule has 1 aliphatic heterocycles. The number of aromatic nitrogens is 2. The third-order valence-corrected chi connectivity index (χ3v) is 7.37. The Balaban J connectivity index is 1.89. The average Bonchev–Trinajstić information content (AvgIpc) is 3.11. The van der Waals surface area contributed by atoms with Gasteiger partial charge in [0, 0.05) is 23.3 Å². The number of hydrogen-bond donors (Lipinski definition) is 0. The Morgan fingerprint density at radius 1 is 1.07 bits per heavy atom. The third kappa shape index (κ3) is 2.80. The van der Waals surface area contributed by atoms with Crippen molar-refractivity contribution in [1.29, 1.82) is 0 Å². The average molecular weight is 381 g/mol. The summed E-state index contributed by atoms with van der Waals surface area (Å²) in [4.78, 5) is 4.58. The number of benzene rings is 1. The number of rotatable bonds is 3. The Morgan fingerprint density at radius 2 is 1.78 bits per heavy atom. The van der Waals surface area contributed by atoms with E-state index < -0.39 is 10.0 Å². The highest BCUT2D eigenvalue weighted by atomic mass is 32.2. The summed E-state index contributed by atoms with van der Waals surface area (Å²) in [5.74, 6) is 0. The van der Waals surface area contributed by atoms with Gasteiger partial charge in [0.05, 0.1) is 16.5 Å². The number of hydrogen-bond acceptors (Lipinski definition) is 4. The lowest BCUT2D eigenvalue weighted by Crippen LogP contribution is -2.31. The molecule has 3 heterocycles. The highest BCUT2D eigenvalue weighted by Gasteiger charge is 2.49. The van der Waals surface area contributed by atoms with Crippen LogP contribution in [0.1, 0.15) is 39.3 Å². The lowest BCUT2D eigenvalue weighted by Gasteiger charge is -2.33. The summed E-state index contributed by atoms with van der Waals surface area (Å²) in [7, 11) is -1.60. The van der Waals surface area contributed by atoms with E-state index in [1.165, 1.54) is 3.97 Å². The minimum absolute atomic E-state index is 0.146. The molecule has 3 aromatic rings. The van der Waals surface area contributed by atoms with Crippen LogP contribution in [0.3, 0.4) is 0 Å². The summed E-state index contributed by atoms with van der Waals surface area (Å²) in [6.07, 6.45) is 3.26. The van der Waals surface area contributed by atoms with Crippen LogP contribution < -0.4 is 0 Å². The van der Waals surface area contributed by atoms with Gasteiger partial charge >= 0.3 is 0 Å². The molecule has 1 fully saturated rings. The first-order valence-corrected chi connectivity index (χ1v) is 10.4. The Labute approximate surface area is 160 Å². The number of nitrogens with zero attached hydrogens (tertiary/aromatic N) is 2. The van der Waals surface area contributed by atoms with E-state index in [1.54, 1.807) is 42.7 Å². The quantitative estimate of drug-likeness (QED) is 0.644. The van der Waals surface area contributed by atoms with E-state index in [0.717, 1.165) is 10.9 Å². The first-order chi connectivity index (χ1) is 12.6. The molecule has 0 N–H and O–H groups in total. The second kappa shape index (κ2) is 5.94. The summed E-state index contributed by atoms with van der Waals surface area (Å²) in [6.45, 7) is 8.37. The van der Waals surface area contributed by atoms with Crippen LogP contribution in [0.25, 0.3) is 11.0 Å². The molecule has 0 saturated carbocycles. The molecule has 1 aromatic carbocycles. The molecule has 0 aliphatic carbocycles. The van der Waals surface area contributed by atoms with Gasteiger partial charge in [-0.15, -0.1) is 0 Å². The summed E-state index contributed by atoms with van der Waals surface area (Å²) < 4.78 is 34.0. The van der Waals surface area contributed by atoms with Crippen LogP contribution >= 0.6 is 0 Å². The Hall–Kier alpha value is -2.12. The van der Waals surface area contributed by atoms with E-state index >= 15 is 0 Å². The van der Waals surface area contributed by atoms with Gasteiger partial charge in [-0.1, -0.05) is 32.0 Å². The van der Waals surface area contributed by atoms with E-state index in [1.807, 2.05) is 12.1 Å². The molecule has 1 radical (unpaired) electrons. The molecule has 4 rings (SSSR count). The predicted molar refractivity (Wildman–Crippen MR) is 106 cm³/mol. The van der Waals surface area contributed by atoms with Crippen molar-refractivity contribution in [2.45, 2.75) is 49.5 Å². The van der Waals surface area contributed by atoms with Crippen molar-refractivity contribution in [2.24, 2.45) is 0 Å². The molecule has 7 heteroatoms. The monoisotopic (exact) mass is 381 g/mol. The van der Waals surface area contributed by atoms with Gasteiger partial charge in [-0.05, 0) is 43.4 Å². The van der Waals surface area contributed by atoms with Crippen LogP contribution in [0, 0.1) is 0 Å².